The highest BCUT2D eigenvalue weighted by Gasteiger charge is 2.38. The number of carbonyl (C=O) groups excluding carboxylic acids is 1. The SMILES string of the molecule is Cc1cc(N2C[C@@H](C)n3c(c(CCCOc4cc(C)c(Cl)c(C)c4)c4ccc(Cl)c(-c5c(C)nc(CN6CCN(C)CC6)nc5C)c43)C2=O)c2c(c1)cc(C(=O)O)n2C. The van der Waals surface area contributed by atoms with Gasteiger partial charge in [0.05, 0.1) is 34.9 Å². The Morgan fingerprint density at radius 2 is 1.58 bits per heavy atom. The zero-order chi connectivity index (χ0) is 42.0. The van der Waals surface area contributed by atoms with Gasteiger partial charge in [0, 0.05) is 84.1 Å². The van der Waals surface area contributed by atoms with E-state index < -0.39 is 5.97 Å². The molecule has 2 aliphatic rings. The van der Waals surface area contributed by atoms with E-state index in [2.05, 4.69) is 28.3 Å². The number of fused-ring (bicyclic) bond motifs is 4. The maximum absolute atomic E-state index is 15.3. The molecule has 3 aromatic carbocycles. The van der Waals surface area contributed by atoms with E-state index >= 15 is 4.79 Å². The van der Waals surface area contributed by atoms with E-state index in [1.165, 1.54) is 0 Å². The molecule has 13 heteroatoms. The van der Waals surface area contributed by atoms with Crippen LogP contribution in [0.15, 0.2) is 42.5 Å². The van der Waals surface area contributed by atoms with Gasteiger partial charge in [-0.25, -0.2) is 14.8 Å². The normalized spacial score (nSPS) is 16.4. The Bertz CT molecular complexity index is 2630. The summed E-state index contributed by atoms with van der Waals surface area (Å²) in [5.74, 6) is 0.367. The Morgan fingerprint density at radius 1 is 0.898 bits per heavy atom. The number of hydrogen-bond donors (Lipinski definition) is 1. The molecular weight excluding hydrogens is 785 g/mol. The number of nitrogens with zero attached hydrogens (tertiary/aromatic N) is 7. The smallest absolute Gasteiger partial charge is 0.352 e. The van der Waals surface area contributed by atoms with Crippen LogP contribution in [0.25, 0.3) is 32.9 Å². The average Bonchev–Trinajstić information content (AvgIpc) is 3.70. The number of carboxylic acids is 1. The molecule has 1 atom stereocenters. The first kappa shape index (κ1) is 40.8. The lowest BCUT2D eigenvalue weighted by molar-refractivity contribution is 0.0687. The van der Waals surface area contributed by atoms with Crippen molar-refractivity contribution in [2.45, 2.75) is 67.0 Å². The number of aromatic carboxylic acids is 1. The summed E-state index contributed by atoms with van der Waals surface area (Å²) in [6.45, 7) is 17.5. The molecule has 1 amide bonds. The van der Waals surface area contributed by atoms with Gasteiger partial charge in [0.15, 0.2) is 0 Å². The fraction of sp³-hybridized carbons (Fsp3) is 0.391. The van der Waals surface area contributed by atoms with Gasteiger partial charge in [-0.3, -0.25) is 9.69 Å². The maximum Gasteiger partial charge on any atom is 0.352 e. The quantitative estimate of drug-likeness (QED) is 0.136. The summed E-state index contributed by atoms with van der Waals surface area (Å²) in [7, 11) is 3.89. The number of piperazine rings is 1. The predicted molar refractivity (Wildman–Crippen MR) is 236 cm³/mol. The van der Waals surface area contributed by atoms with Gasteiger partial charge in [0.2, 0.25) is 0 Å². The van der Waals surface area contributed by atoms with Crippen molar-refractivity contribution < 1.29 is 19.4 Å². The summed E-state index contributed by atoms with van der Waals surface area (Å²) in [4.78, 5) is 44.3. The lowest BCUT2D eigenvalue weighted by atomic mass is 9.97. The summed E-state index contributed by atoms with van der Waals surface area (Å²) in [6.07, 6.45) is 1.20. The highest BCUT2D eigenvalue weighted by Crippen LogP contribution is 2.45. The molecule has 0 radical (unpaired) electrons. The Hall–Kier alpha value is -4.94. The number of hydrogen-bond acceptors (Lipinski definition) is 7. The third-order valence-electron chi connectivity index (χ3n) is 12.1. The minimum Gasteiger partial charge on any atom is -0.494 e. The van der Waals surface area contributed by atoms with Gasteiger partial charge >= 0.3 is 5.97 Å². The van der Waals surface area contributed by atoms with Crippen LogP contribution in [0.4, 0.5) is 5.69 Å². The lowest BCUT2D eigenvalue weighted by Crippen LogP contribution is -2.44. The molecule has 5 heterocycles. The fourth-order valence-electron chi connectivity index (χ4n) is 9.26. The molecule has 1 saturated heterocycles. The van der Waals surface area contributed by atoms with Crippen LogP contribution in [0.1, 0.15) is 79.8 Å². The van der Waals surface area contributed by atoms with Gasteiger partial charge in [0.1, 0.15) is 23.0 Å². The molecule has 2 aliphatic heterocycles. The van der Waals surface area contributed by atoms with Gasteiger partial charge < -0.3 is 28.8 Å². The third kappa shape index (κ3) is 7.36. The monoisotopic (exact) mass is 835 g/mol. The minimum atomic E-state index is -1.02. The van der Waals surface area contributed by atoms with Gasteiger partial charge in [-0.2, -0.15) is 0 Å². The van der Waals surface area contributed by atoms with Crippen molar-refractivity contribution >= 4 is 62.6 Å². The standard InChI is InChI=1S/C46H51Cl2N7O4/c1-25-18-31-22-37(46(57)58)52(8)42(31)36(19-25)54-23-28(4)55-43-34(33(44(55)45(54)56)10-9-17-59-32-20-26(2)41(48)27(3)21-32)11-12-35(47)40(43)39-29(5)49-38(50-30(39)6)24-53-15-13-51(7)14-16-53/h11-12,18-22,28H,9-10,13-17,23-24H2,1-8H3,(H,57,58)/t28-/m1/s1. The van der Waals surface area contributed by atoms with Gasteiger partial charge in [-0.15, -0.1) is 0 Å². The van der Waals surface area contributed by atoms with Crippen LogP contribution in [-0.4, -0.2) is 92.3 Å². The van der Waals surface area contributed by atoms with Crippen molar-refractivity contribution in [2.75, 3.05) is 51.3 Å². The summed E-state index contributed by atoms with van der Waals surface area (Å²) in [6, 6.07) is 13.3. The van der Waals surface area contributed by atoms with Crippen molar-refractivity contribution in [3.05, 3.63) is 103 Å². The molecule has 1 fully saturated rings. The number of carboxylic acid groups (broad SMARTS) is 1. The largest absolute Gasteiger partial charge is 0.494 e. The molecule has 308 valence electrons. The number of carbonyl (C=O) groups is 2. The lowest BCUT2D eigenvalue weighted by Gasteiger charge is -2.35. The summed E-state index contributed by atoms with van der Waals surface area (Å²) < 4.78 is 10.1. The molecule has 3 aromatic heterocycles. The van der Waals surface area contributed by atoms with Crippen LogP contribution in [0.2, 0.25) is 10.0 Å². The van der Waals surface area contributed by atoms with E-state index in [0.29, 0.717) is 54.5 Å². The highest BCUT2D eigenvalue weighted by atomic mass is 35.5. The number of aromatic nitrogens is 4. The number of aryl methyl sites for hydroxylation is 7. The number of rotatable bonds is 10. The second-order valence-corrected chi connectivity index (χ2v) is 17.3. The van der Waals surface area contributed by atoms with Crippen molar-refractivity contribution in [3.63, 3.8) is 0 Å². The molecule has 11 nitrogen and oxygen atoms in total. The fourth-order valence-corrected chi connectivity index (χ4v) is 9.62. The van der Waals surface area contributed by atoms with E-state index in [0.717, 1.165) is 104 Å². The van der Waals surface area contributed by atoms with Crippen LogP contribution in [-0.2, 0) is 20.0 Å². The Labute approximate surface area is 355 Å². The minimum absolute atomic E-state index is 0.154. The Kier molecular flexibility index (Phi) is 11.0. The molecule has 0 saturated carbocycles. The first-order chi connectivity index (χ1) is 28.1. The molecule has 59 heavy (non-hydrogen) atoms. The van der Waals surface area contributed by atoms with Gasteiger partial charge in [0.25, 0.3) is 5.91 Å². The second-order valence-electron chi connectivity index (χ2n) is 16.5. The number of anilines is 1. The zero-order valence-corrected chi connectivity index (χ0v) is 36.6. The second kappa shape index (κ2) is 15.9. The number of ether oxygens (including phenoxy) is 1. The third-order valence-corrected chi connectivity index (χ3v) is 13.0. The molecule has 0 spiro atoms. The Morgan fingerprint density at radius 3 is 2.24 bits per heavy atom. The molecule has 8 rings (SSSR count). The summed E-state index contributed by atoms with van der Waals surface area (Å²) in [5, 5.41) is 13.0. The summed E-state index contributed by atoms with van der Waals surface area (Å²) in [5.41, 5.74) is 10.1. The van der Waals surface area contributed by atoms with Gasteiger partial charge in [-0.05, 0) is 120 Å². The number of amides is 1. The van der Waals surface area contributed by atoms with E-state index in [4.69, 9.17) is 37.9 Å². The number of benzene rings is 3. The molecule has 6 aromatic rings. The average molecular weight is 837 g/mol. The number of halogens is 2. The zero-order valence-electron chi connectivity index (χ0n) is 35.0. The maximum atomic E-state index is 15.3. The highest BCUT2D eigenvalue weighted by molar-refractivity contribution is 6.35. The van der Waals surface area contributed by atoms with Crippen LogP contribution in [0.5, 0.6) is 5.75 Å². The Balaban J connectivity index is 1.25. The van der Waals surface area contributed by atoms with E-state index in [1.54, 1.807) is 17.7 Å². The van der Waals surface area contributed by atoms with Crippen molar-refractivity contribution in [2.24, 2.45) is 7.05 Å². The predicted octanol–water partition coefficient (Wildman–Crippen LogP) is 9.12. The van der Waals surface area contributed by atoms with Crippen molar-refractivity contribution in [1.82, 2.24) is 28.9 Å². The molecule has 0 unspecified atom stereocenters. The molecular formula is C46H51Cl2N7O4. The van der Waals surface area contributed by atoms with Crippen molar-refractivity contribution in [1.29, 1.82) is 0 Å². The van der Waals surface area contributed by atoms with Gasteiger partial charge in [-0.1, -0.05) is 29.3 Å². The van der Waals surface area contributed by atoms with Crippen LogP contribution in [0, 0.1) is 34.6 Å². The molecule has 1 N–H and O–H groups in total. The topological polar surface area (TPSA) is 109 Å². The molecule has 0 aliphatic carbocycles. The summed E-state index contributed by atoms with van der Waals surface area (Å²) >= 11 is 13.7. The van der Waals surface area contributed by atoms with Crippen LogP contribution >= 0.6 is 23.2 Å². The van der Waals surface area contributed by atoms with E-state index in [1.807, 2.05) is 75.9 Å². The first-order valence-corrected chi connectivity index (χ1v) is 21.0. The van der Waals surface area contributed by atoms with E-state index in [-0.39, 0.29) is 17.6 Å². The molecule has 0 bridgehead atoms. The van der Waals surface area contributed by atoms with Crippen LogP contribution < -0.4 is 9.64 Å². The first-order valence-electron chi connectivity index (χ1n) is 20.3. The van der Waals surface area contributed by atoms with E-state index in [9.17, 15) is 9.90 Å². The number of likely N-dealkylation sites (N-methyl/N-ethyl adjacent to an activating group) is 1. The van der Waals surface area contributed by atoms with Crippen molar-refractivity contribution in [3.8, 4) is 16.9 Å². The van der Waals surface area contributed by atoms with Crippen LogP contribution in [0.3, 0.4) is 0 Å².